The lowest BCUT2D eigenvalue weighted by Gasteiger charge is -2.03. The summed E-state index contributed by atoms with van der Waals surface area (Å²) in [5.74, 6) is -0.891. The Labute approximate surface area is 95.5 Å². The first-order valence-electron chi connectivity index (χ1n) is 4.89. The highest BCUT2D eigenvalue weighted by Crippen LogP contribution is 2.16. The quantitative estimate of drug-likeness (QED) is 0.758. The van der Waals surface area contributed by atoms with Gasteiger partial charge in [-0.25, -0.2) is 14.5 Å². The third kappa shape index (κ3) is 1.48. The molecule has 0 amide bonds. The number of carbonyl (C=O) groups is 1. The molecule has 7 heteroatoms. The Bertz CT molecular complexity index is 631. The number of rotatable bonds is 1. The molecule has 0 atom stereocenters. The second-order valence-electron chi connectivity index (χ2n) is 3.47. The van der Waals surface area contributed by atoms with Crippen LogP contribution in [0.1, 0.15) is 22.0 Å². The minimum atomic E-state index is -1.15. The predicted octanol–water partition coefficient (Wildman–Crippen LogP) is 0.293. The van der Waals surface area contributed by atoms with Gasteiger partial charge in [0.2, 0.25) is 0 Å². The number of aromatic carboxylic acids is 1. The molecule has 3 heterocycles. The SMILES string of the molecule is O=C(O)c1nc2n(n1)-c1cnccc1C=NC2. The number of aromatic nitrogens is 4. The van der Waals surface area contributed by atoms with Crippen molar-refractivity contribution in [3.63, 3.8) is 0 Å². The van der Waals surface area contributed by atoms with Gasteiger partial charge >= 0.3 is 5.97 Å². The number of carboxylic acids is 1. The van der Waals surface area contributed by atoms with Crippen molar-refractivity contribution >= 4 is 12.2 Å². The average molecular weight is 229 g/mol. The minimum absolute atomic E-state index is 0.230. The maximum Gasteiger partial charge on any atom is 0.375 e. The maximum atomic E-state index is 10.8. The van der Waals surface area contributed by atoms with E-state index in [1.165, 1.54) is 4.68 Å². The highest BCUT2D eigenvalue weighted by molar-refractivity contribution is 5.86. The Kier molecular flexibility index (Phi) is 1.97. The van der Waals surface area contributed by atoms with E-state index < -0.39 is 5.97 Å². The number of pyridine rings is 1. The van der Waals surface area contributed by atoms with E-state index in [0.717, 1.165) is 5.56 Å². The van der Waals surface area contributed by atoms with Crippen LogP contribution in [0.2, 0.25) is 0 Å². The van der Waals surface area contributed by atoms with Gasteiger partial charge in [0.25, 0.3) is 5.82 Å². The van der Waals surface area contributed by atoms with Gasteiger partial charge in [-0.05, 0) is 6.07 Å². The van der Waals surface area contributed by atoms with Gasteiger partial charge in [-0.1, -0.05) is 0 Å². The topological polar surface area (TPSA) is 93.3 Å². The molecular weight excluding hydrogens is 222 g/mol. The van der Waals surface area contributed by atoms with Crippen LogP contribution in [-0.4, -0.2) is 37.0 Å². The van der Waals surface area contributed by atoms with Crippen molar-refractivity contribution < 1.29 is 9.90 Å². The maximum absolute atomic E-state index is 10.8. The Morgan fingerprint density at radius 1 is 1.47 bits per heavy atom. The summed E-state index contributed by atoms with van der Waals surface area (Å²) in [7, 11) is 0. The Morgan fingerprint density at radius 3 is 3.18 bits per heavy atom. The van der Waals surface area contributed by atoms with Crippen molar-refractivity contribution in [2.75, 3.05) is 0 Å². The fourth-order valence-corrected chi connectivity index (χ4v) is 1.64. The van der Waals surface area contributed by atoms with Crippen LogP contribution in [-0.2, 0) is 6.54 Å². The van der Waals surface area contributed by atoms with Crippen molar-refractivity contribution in [3.8, 4) is 5.69 Å². The number of carboxylic acid groups (broad SMARTS) is 1. The van der Waals surface area contributed by atoms with Gasteiger partial charge in [0.1, 0.15) is 0 Å². The van der Waals surface area contributed by atoms with E-state index in [4.69, 9.17) is 5.11 Å². The number of nitrogens with zero attached hydrogens (tertiary/aromatic N) is 5. The number of hydrogen-bond donors (Lipinski definition) is 1. The first kappa shape index (κ1) is 9.64. The summed E-state index contributed by atoms with van der Waals surface area (Å²) < 4.78 is 1.47. The molecule has 1 aliphatic rings. The molecular formula is C10H7N5O2. The molecule has 0 unspecified atom stereocenters. The van der Waals surface area contributed by atoms with Crippen molar-refractivity contribution in [1.82, 2.24) is 19.7 Å². The molecule has 0 radical (unpaired) electrons. The van der Waals surface area contributed by atoms with Crippen LogP contribution in [0.4, 0.5) is 0 Å². The zero-order chi connectivity index (χ0) is 11.8. The fraction of sp³-hybridized carbons (Fsp3) is 0.100. The summed E-state index contributed by atoms with van der Waals surface area (Å²) in [6.07, 6.45) is 4.95. The van der Waals surface area contributed by atoms with Crippen molar-refractivity contribution in [2.24, 2.45) is 4.99 Å². The Hall–Kier alpha value is -2.57. The Balaban J connectivity index is 2.25. The largest absolute Gasteiger partial charge is 0.475 e. The van der Waals surface area contributed by atoms with Crippen LogP contribution in [0.25, 0.3) is 5.69 Å². The van der Waals surface area contributed by atoms with Gasteiger partial charge in [0.15, 0.2) is 5.82 Å². The lowest BCUT2D eigenvalue weighted by Crippen LogP contribution is -2.05. The molecule has 0 aliphatic carbocycles. The van der Waals surface area contributed by atoms with Gasteiger partial charge in [0.05, 0.1) is 18.4 Å². The number of fused-ring (bicyclic) bond motifs is 3. The number of hydrogen-bond acceptors (Lipinski definition) is 5. The first-order valence-corrected chi connectivity index (χ1v) is 4.89. The molecule has 0 saturated heterocycles. The van der Waals surface area contributed by atoms with Gasteiger partial charge in [0, 0.05) is 18.0 Å². The van der Waals surface area contributed by atoms with E-state index in [1.54, 1.807) is 24.7 Å². The summed E-state index contributed by atoms with van der Waals surface area (Å²) in [6, 6.07) is 1.79. The zero-order valence-corrected chi connectivity index (χ0v) is 8.61. The van der Waals surface area contributed by atoms with Crippen LogP contribution < -0.4 is 0 Å². The van der Waals surface area contributed by atoms with Gasteiger partial charge in [-0.3, -0.25) is 9.98 Å². The van der Waals surface area contributed by atoms with E-state index >= 15 is 0 Å². The lowest BCUT2D eigenvalue weighted by atomic mass is 10.2. The van der Waals surface area contributed by atoms with Gasteiger partial charge in [-0.2, -0.15) is 0 Å². The van der Waals surface area contributed by atoms with E-state index in [0.29, 0.717) is 18.1 Å². The van der Waals surface area contributed by atoms with Gasteiger partial charge < -0.3 is 5.11 Å². The average Bonchev–Trinajstić information content (AvgIpc) is 2.67. The molecule has 0 bridgehead atoms. The predicted molar refractivity (Wildman–Crippen MR) is 57.4 cm³/mol. The van der Waals surface area contributed by atoms with Crippen molar-refractivity contribution in [2.45, 2.75) is 6.54 Å². The van der Waals surface area contributed by atoms with E-state index in [-0.39, 0.29) is 5.82 Å². The lowest BCUT2D eigenvalue weighted by molar-refractivity contribution is 0.0683. The molecule has 2 aromatic heterocycles. The smallest absolute Gasteiger partial charge is 0.375 e. The highest BCUT2D eigenvalue weighted by Gasteiger charge is 2.19. The van der Waals surface area contributed by atoms with Crippen LogP contribution in [0.3, 0.4) is 0 Å². The third-order valence-corrected chi connectivity index (χ3v) is 2.39. The second-order valence-corrected chi connectivity index (χ2v) is 3.47. The molecule has 7 nitrogen and oxygen atoms in total. The van der Waals surface area contributed by atoms with E-state index in [1.807, 2.05) is 0 Å². The molecule has 84 valence electrons. The fourth-order valence-electron chi connectivity index (χ4n) is 1.64. The van der Waals surface area contributed by atoms with Crippen LogP contribution in [0, 0.1) is 0 Å². The minimum Gasteiger partial charge on any atom is -0.475 e. The molecule has 0 saturated carbocycles. The van der Waals surface area contributed by atoms with Crippen LogP contribution >= 0.6 is 0 Å². The molecule has 1 N–H and O–H groups in total. The first-order chi connectivity index (χ1) is 8.25. The molecule has 3 rings (SSSR count). The summed E-state index contributed by atoms with van der Waals surface area (Å²) in [6.45, 7) is 0.301. The summed E-state index contributed by atoms with van der Waals surface area (Å²) in [4.78, 5) is 22.9. The van der Waals surface area contributed by atoms with Gasteiger partial charge in [-0.15, -0.1) is 5.10 Å². The molecule has 0 spiro atoms. The Morgan fingerprint density at radius 2 is 2.35 bits per heavy atom. The van der Waals surface area contributed by atoms with E-state index in [9.17, 15) is 4.79 Å². The van der Waals surface area contributed by atoms with Crippen molar-refractivity contribution in [3.05, 3.63) is 35.7 Å². The molecule has 1 aliphatic heterocycles. The standard InChI is InChI=1S/C10H7N5O2/c16-10(17)9-13-8-5-12-3-6-1-2-11-4-7(6)15(8)14-9/h1-4H,5H2,(H,16,17). The summed E-state index contributed by atoms with van der Waals surface area (Å²) >= 11 is 0. The molecule has 0 fully saturated rings. The van der Waals surface area contributed by atoms with E-state index in [2.05, 4.69) is 20.1 Å². The normalized spacial score (nSPS) is 12.7. The monoisotopic (exact) mass is 229 g/mol. The number of aliphatic imine (C=N–C) groups is 1. The summed E-state index contributed by atoms with van der Waals surface area (Å²) in [5, 5.41) is 12.8. The second kappa shape index (κ2) is 3.48. The zero-order valence-electron chi connectivity index (χ0n) is 8.61. The molecule has 17 heavy (non-hydrogen) atoms. The summed E-state index contributed by atoms with van der Waals surface area (Å²) in [5.41, 5.74) is 1.52. The molecule has 2 aromatic rings. The van der Waals surface area contributed by atoms with Crippen molar-refractivity contribution in [1.29, 1.82) is 0 Å². The third-order valence-electron chi connectivity index (χ3n) is 2.39. The van der Waals surface area contributed by atoms with Crippen LogP contribution in [0.5, 0.6) is 0 Å². The molecule has 0 aromatic carbocycles. The van der Waals surface area contributed by atoms with Crippen LogP contribution in [0.15, 0.2) is 23.5 Å². The highest BCUT2D eigenvalue weighted by atomic mass is 16.4.